The van der Waals surface area contributed by atoms with Crippen LogP contribution in [-0.4, -0.2) is 47.8 Å². The van der Waals surface area contributed by atoms with Gasteiger partial charge in [-0.25, -0.2) is 0 Å². The van der Waals surface area contributed by atoms with Gasteiger partial charge in [-0.1, -0.05) is 25.7 Å². The smallest absolute Gasteiger partial charge is 0.326 e. The van der Waals surface area contributed by atoms with Gasteiger partial charge in [0.2, 0.25) is 11.8 Å². The number of nitrogens with zero attached hydrogens (tertiary/aromatic N) is 1. The molecule has 3 aliphatic rings. The number of ether oxygens (including phenoxy) is 1. The van der Waals surface area contributed by atoms with Gasteiger partial charge < -0.3 is 10.1 Å². The molecule has 1 aliphatic heterocycles. The fourth-order valence-corrected chi connectivity index (χ4v) is 4.05. The predicted octanol–water partition coefficient (Wildman–Crippen LogP) is 0.764. The Morgan fingerprint density at radius 1 is 0.958 bits per heavy atom. The Morgan fingerprint density at radius 3 is 2.08 bits per heavy atom. The van der Waals surface area contributed by atoms with Gasteiger partial charge in [-0.15, -0.1) is 0 Å². The second kappa shape index (κ2) is 7.32. The second-order valence-electron chi connectivity index (χ2n) is 6.97. The van der Waals surface area contributed by atoms with E-state index in [9.17, 15) is 19.2 Å². The molecule has 7 heteroatoms. The number of carbonyl (C=O) groups excluding carboxylic acids is 4. The lowest BCUT2D eigenvalue weighted by Gasteiger charge is -2.19. The monoisotopic (exact) mass is 336 g/mol. The number of carbonyl (C=O) groups is 4. The molecule has 0 bridgehead atoms. The van der Waals surface area contributed by atoms with Crippen LogP contribution in [0.4, 0.5) is 0 Å². The molecule has 7 nitrogen and oxygen atoms in total. The fraction of sp³-hybridized carbons (Fsp3) is 0.765. The van der Waals surface area contributed by atoms with Crippen LogP contribution in [0.15, 0.2) is 0 Å². The Balaban J connectivity index is 1.45. The van der Waals surface area contributed by atoms with E-state index in [1.807, 2.05) is 0 Å². The first-order valence-corrected chi connectivity index (χ1v) is 8.86. The van der Waals surface area contributed by atoms with Gasteiger partial charge in [-0.05, 0) is 25.7 Å². The lowest BCUT2D eigenvalue weighted by atomic mass is 9.81. The van der Waals surface area contributed by atoms with E-state index < -0.39 is 5.97 Å². The van der Waals surface area contributed by atoms with Crippen LogP contribution in [0.3, 0.4) is 0 Å². The fourth-order valence-electron chi connectivity index (χ4n) is 4.05. The molecule has 0 aromatic carbocycles. The summed E-state index contributed by atoms with van der Waals surface area (Å²) in [5.74, 6) is -2.12. The van der Waals surface area contributed by atoms with Crippen molar-refractivity contribution < 1.29 is 23.9 Å². The van der Waals surface area contributed by atoms with E-state index in [-0.39, 0.29) is 48.8 Å². The van der Waals surface area contributed by atoms with E-state index in [1.165, 1.54) is 0 Å². The number of nitrogens with one attached hydrogen (secondary N) is 1. The molecule has 1 N–H and O–H groups in total. The van der Waals surface area contributed by atoms with Crippen LogP contribution in [0.5, 0.6) is 0 Å². The van der Waals surface area contributed by atoms with Crippen molar-refractivity contribution in [2.24, 2.45) is 11.8 Å². The maximum atomic E-state index is 12.3. The molecule has 2 atom stereocenters. The van der Waals surface area contributed by atoms with Crippen molar-refractivity contribution in [1.82, 2.24) is 10.2 Å². The molecule has 3 fully saturated rings. The molecule has 1 saturated heterocycles. The third-order valence-electron chi connectivity index (χ3n) is 5.30. The largest absolute Gasteiger partial charge is 0.454 e. The highest BCUT2D eigenvalue weighted by molar-refractivity contribution is 6.07. The molecule has 2 aliphatic carbocycles. The number of rotatable bonds is 5. The van der Waals surface area contributed by atoms with Gasteiger partial charge in [0, 0.05) is 6.04 Å². The van der Waals surface area contributed by atoms with Crippen molar-refractivity contribution in [3.63, 3.8) is 0 Å². The first-order valence-electron chi connectivity index (χ1n) is 8.86. The summed E-state index contributed by atoms with van der Waals surface area (Å²) < 4.78 is 4.93. The van der Waals surface area contributed by atoms with Gasteiger partial charge in [0.1, 0.15) is 6.54 Å². The average Bonchev–Trinajstić information content (AvgIpc) is 3.16. The highest BCUT2D eigenvalue weighted by Crippen LogP contribution is 2.37. The Kier molecular flexibility index (Phi) is 5.16. The number of esters is 1. The van der Waals surface area contributed by atoms with Crippen molar-refractivity contribution in [2.45, 2.75) is 57.4 Å². The van der Waals surface area contributed by atoms with Crippen LogP contribution in [0.1, 0.15) is 51.4 Å². The van der Waals surface area contributed by atoms with Crippen molar-refractivity contribution in [1.29, 1.82) is 0 Å². The second-order valence-corrected chi connectivity index (χ2v) is 6.97. The first-order chi connectivity index (χ1) is 11.6. The summed E-state index contributed by atoms with van der Waals surface area (Å²) >= 11 is 0. The topological polar surface area (TPSA) is 92.8 Å². The third kappa shape index (κ3) is 3.60. The molecule has 2 unspecified atom stereocenters. The number of hydrogen-bond donors (Lipinski definition) is 1. The Bertz CT molecular complexity index is 517. The molecule has 3 amide bonds. The van der Waals surface area contributed by atoms with Crippen LogP contribution in [0.25, 0.3) is 0 Å². The van der Waals surface area contributed by atoms with E-state index in [4.69, 9.17) is 4.74 Å². The van der Waals surface area contributed by atoms with Crippen LogP contribution < -0.4 is 5.32 Å². The lowest BCUT2D eigenvalue weighted by molar-refractivity contribution is -0.155. The van der Waals surface area contributed by atoms with Gasteiger partial charge in [0.15, 0.2) is 6.61 Å². The third-order valence-corrected chi connectivity index (χ3v) is 5.30. The van der Waals surface area contributed by atoms with E-state index in [2.05, 4.69) is 5.32 Å². The van der Waals surface area contributed by atoms with Gasteiger partial charge in [-0.3, -0.25) is 24.1 Å². The normalized spacial score (nSPS) is 27.2. The minimum atomic E-state index is -0.711. The van der Waals surface area contributed by atoms with Crippen molar-refractivity contribution in [3.8, 4) is 0 Å². The summed E-state index contributed by atoms with van der Waals surface area (Å²) in [5.41, 5.74) is 0. The van der Waals surface area contributed by atoms with Gasteiger partial charge >= 0.3 is 5.97 Å². The first kappa shape index (κ1) is 16.9. The Hall–Kier alpha value is -1.92. The summed E-state index contributed by atoms with van der Waals surface area (Å²) in [6.45, 7) is -0.750. The van der Waals surface area contributed by atoms with Crippen molar-refractivity contribution in [3.05, 3.63) is 0 Å². The van der Waals surface area contributed by atoms with Gasteiger partial charge in [-0.2, -0.15) is 0 Å². The molecule has 1 heterocycles. The maximum Gasteiger partial charge on any atom is 0.326 e. The molecule has 24 heavy (non-hydrogen) atoms. The number of hydrogen-bond acceptors (Lipinski definition) is 5. The van der Waals surface area contributed by atoms with Crippen LogP contribution in [-0.2, 0) is 23.9 Å². The van der Waals surface area contributed by atoms with Crippen molar-refractivity contribution in [2.75, 3.05) is 13.2 Å². The van der Waals surface area contributed by atoms with Crippen molar-refractivity contribution >= 4 is 23.7 Å². The number of likely N-dealkylation sites (tertiary alicyclic amines) is 1. The lowest BCUT2D eigenvalue weighted by Crippen LogP contribution is -2.39. The number of fused-ring (bicyclic) bond motifs is 1. The Labute approximate surface area is 141 Å². The van der Waals surface area contributed by atoms with E-state index >= 15 is 0 Å². The molecule has 132 valence electrons. The molecule has 2 saturated carbocycles. The predicted molar refractivity (Wildman–Crippen MR) is 83.5 cm³/mol. The van der Waals surface area contributed by atoms with Crippen LogP contribution >= 0.6 is 0 Å². The highest BCUT2D eigenvalue weighted by atomic mass is 16.5. The molecule has 0 radical (unpaired) electrons. The standard InChI is InChI=1S/C17H24N2O5/c20-14(18-11-5-1-2-6-11)10-24-15(21)9-19-16(22)12-7-3-4-8-13(12)17(19)23/h11-13H,1-10H2,(H,18,20). The SMILES string of the molecule is O=C(COC(=O)CN1C(=O)C2CCCCC2C1=O)NC1CCCC1. The number of imide groups is 1. The van der Waals surface area contributed by atoms with Gasteiger partial charge in [0.05, 0.1) is 11.8 Å². The molecule has 3 rings (SSSR count). The van der Waals surface area contributed by atoms with E-state index in [0.717, 1.165) is 43.4 Å². The maximum absolute atomic E-state index is 12.3. The summed E-state index contributed by atoms with van der Waals surface area (Å²) in [4.78, 5) is 49.2. The molecular formula is C17H24N2O5. The summed E-state index contributed by atoms with van der Waals surface area (Å²) in [7, 11) is 0. The summed E-state index contributed by atoms with van der Waals surface area (Å²) in [6.07, 6.45) is 7.44. The molecule has 0 aromatic rings. The quantitative estimate of drug-likeness (QED) is 0.591. The zero-order chi connectivity index (χ0) is 17.1. The van der Waals surface area contributed by atoms with Crippen LogP contribution in [0, 0.1) is 11.8 Å². The highest BCUT2D eigenvalue weighted by Gasteiger charge is 2.48. The molecular weight excluding hydrogens is 312 g/mol. The average molecular weight is 336 g/mol. The zero-order valence-corrected chi connectivity index (χ0v) is 13.8. The summed E-state index contributed by atoms with van der Waals surface area (Å²) in [5, 5.41) is 2.82. The summed E-state index contributed by atoms with van der Waals surface area (Å²) in [6, 6.07) is 0.168. The van der Waals surface area contributed by atoms with E-state index in [0.29, 0.717) is 12.8 Å². The molecule has 0 spiro atoms. The van der Waals surface area contributed by atoms with Gasteiger partial charge in [0.25, 0.3) is 5.91 Å². The van der Waals surface area contributed by atoms with Crippen LogP contribution in [0.2, 0.25) is 0 Å². The minimum absolute atomic E-state index is 0.168. The Morgan fingerprint density at radius 2 is 1.50 bits per heavy atom. The minimum Gasteiger partial charge on any atom is -0.454 e. The van der Waals surface area contributed by atoms with E-state index in [1.54, 1.807) is 0 Å². The zero-order valence-electron chi connectivity index (χ0n) is 13.8. The number of amides is 3. The molecule has 0 aromatic heterocycles.